The molecule has 3 heterocycles. The van der Waals surface area contributed by atoms with Crippen molar-refractivity contribution in [3.05, 3.63) is 16.8 Å². The first-order valence-electron chi connectivity index (χ1n) is 5.37. The first-order chi connectivity index (χ1) is 6.84. The highest BCUT2D eigenvalue weighted by molar-refractivity contribution is 7.08. The molecular weight excluding hydrogens is 192 g/mol. The number of rotatable bonds is 3. The Kier molecular flexibility index (Phi) is 2.03. The molecule has 2 aliphatic heterocycles. The Labute approximate surface area is 88.7 Å². The van der Waals surface area contributed by atoms with Crippen molar-refractivity contribution in [1.82, 2.24) is 5.32 Å². The van der Waals surface area contributed by atoms with E-state index >= 15 is 0 Å². The van der Waals surface area contributed by atoms with Gasteiger partial charge in [-0.3, -0.25) is 0 Å². The molecule has 0 amide bonds. The van der Waals surface area contributed by atoms with E-state index in [0.29, 0.717) is 6.04 Å². The molecule has 4 unspecified atom stereocenters. The van der Waals surface area contributed by atoms with Gasteiger partial charge < -0.3 is 10.6 Å². The Morgan fingerprint density at radius 2 is 2.57 bits per heavy atom. The van der Waals surface area contributed by atoms with E-state index in [1.807, 2.05) is 0 Å². The van der Waals surface area contributed by atoms with Gasteiger partial charge in [-0.2, -0.15) is 11.3 Å². The van der Waals surface area contributed by atoms with Gasteiger partial charge in [-0.25, -0.2) is 0 Å². The van der Waals surface area contributed by atoms with Gasteiger partial charge in [0.05, 0.1) is 0 Å². The predicted octanol–water partition coefficient (Wildman–Crippen LogP) is 2.16. The molecule has 1 aromatic heterocycles. The molecule has 0 spiro atoms. The van der Waals surface area contributed by atoms with Gasteiger partial charge in [0.15, 0.2) is 0 Å². The normalized spacial score (nSPS) is 36.5. The van der Waals surface area contributed by atoms with E-state index in [9.17, 15) is 0 Å². The molecule has 14 heavy (non-hydrogen) atoms. The fourth-order valence-electron chi connectivity index (χ4n) is 2.98. The highest BCUT2D eigenvalue weighted by Gasteiger charge is 2.48. The number of nitrogens with one attached hydrogen (secondary N) is 2. The number of fused-ring (bicyclic) bond motifs is 1. The van der Waals surface area contributed by atoms with Crippen molar-refractivity contribution in [2.75, 3.05) is 11.9 Å². The van der Waals surface area contributed by atoms with E-state index in [2.05, 4.69) is 34.4 Å². The standard InChI is InChI=1S/C11H16N2S/c1-7(13-9-2-3-14-6-9)11-8-4-10(11)12-5-8/h2-3,6-8,10-13H,4-5H2,1H3. The Morgan fingerprint density at radius 3 is 3.14 bits per heavy atom. The third-order valence-electron chi connectivity index (χ3n) is 3.70. The monoisotopic (exact) mass is 208 g/mol. The van der Waals surface area contributed by atoms with E-state index in [1.54, 1.807) is 11.3 Å². The summed E-state index contributed by atoms with van der Waals surface area (Å²) < 4.78 is 0. The Balaban J connectivity index is 1.64. The van der Waals surface area contributed by atoms with Gasteiger partial charge in [0.2, 0.25) is 0 Å². The van der Waals surface area contributed by atoms with Crippen LogP contribution in [0.4, 0.5) is 5.69 Å². The minimum Gasteiger partial charge on any atom is -0.382 e. The van der Waals surface area contributed by atoms with Crippen LogP contribution in [0.25, 0.3) is 0 Å². The molecule has 2 bridgehead atoms. The van der Waals surface area contributed by atoms with Gasteiger partial charge in [0.25, 0.3) is 0 Å². The molecule has 76 valence electrons. The molecule has 0 aromatic carbocycles. The zero-order valence-corrected chi connectivity index (χ0v) is 9.18. The quantitative estimate of drug-likeness (QED) is 0.795. The highest BCUT2D eigenvalue weighted by atomic mass is 32.1. The second-order valence-corrected chi connectivity index (χ2v) is 5.31. The second-order valence-electron chi connectivity index (χ2n) is 4.53. The molecule has 3 heteroatoms. The maximum Gasteiger partial charge on any atom is 0.0450 e. The molecule has 3 aliphatic rings. The predicted molar refractivity (Wildman–Crippen MR) is 60.8 cm³/mol. The lowest BCUT2D eigenvalue weighted by atomic mass is 9.70. The summed E-state index contributed by atoms with van der Waals surface area (Å²) in [5.41, 5.74) is 1.29. The van der Waals surface area contributed by atoms with E-state index in [4.69, 9.17) is 0 Å². The minimum atomic E-state index is 0.614. The lowest BCUT2D eigenvalue weighted by Gasteiger charge is -2.39. The van der Waals surface area contributed by atoms with Crippen LogP contribution in [0.3, 0.4) is 0 Å². The largest absolute Gasteiger partial charge is 0.382 e. The van der Waals surface area contributed by atoms with Gasteiger partial charge in [-0.05, 0) is 43.2 Å². The molecule has 0 radical (unpaired) electrons. The number of hydrogen-bond acceptors (Lipinski definition) is 3. The van der Waals surface area contributed by atoms with Crippen molar-refractivity contribution < 1.29 is 0 Å². The van der Waals surface area contributed by atoms with Gasteiger partial charge in [0.1, 0.15) is 0 Å². The first-order valence-corrected chi connectivity index (χ1v) is 6.31. The summed E-state index contributed by atoms with van der Waals surface area (Å²) in [5, 5.41) is 11.5. The topological polar surface area (TPSA) is 24.1 Å². The van der Waals surface area contributed by atoms with Crippen LogP contribution in [0.15, 0.2) is 16.8 Å². The maximum atomic E-state index is 3.60. The first kappa shape index (κ1) is 8.74. The van der Waals surface area contributed by atoms with E-state index in [1.165, 1.54) is 18.7 Å². The van der Waals surface area contributed by atoms with Crippen LogP contribution in [-0.4, -0.2) is 18.6 Å². The Bertz CT molecular complexity index is 295. The van der Waals surface area contributed by atoms with E-state index < -0.39 is 0 Å². The van der Waals surface area contributed by atoms with Crippen molar-refractivity contribution in [3.63, 3.8) is 0 Å². The molecule has 1 aromatic rings. The molecule has 4 atom stereocenters. The third kappa shape index (κ3) is 1.27. The van der Waals surface area contributed by atoms with Crippen LogP contribution < -0.4 is 10.6 Å². The van der Waals surface area contributed by atoms with Crippen molar-refractivity contribution in [1.29, 1.82) is 0 Å². The molecule has 4 rings (SSSR count). The lowest BCUT2D eigenvalue weighted by Crippen LogP contribution is -2.46. The van der Waals surface area contributed by atoms with E-state index in [-0.39, 0.29) is 0 Å². The number of hydrogen-bond donors (Lipinski definition) is 2. The van der Waals surface area contributed by atoms with Gasteiger partial charge in [-0.15, -0.1) is 0 Å². The van der Waals surface area contributed by atoms with Crippen LogP contribution in [0.2, 0.25) is 0 Å². The summed E-state index contributed by atoms with van der Waals surface area (Å²) in [4.78, 5) is 0. The molecule has 2 nitrogen and oxygen atoms in total. The minimum absolute atomic E-state index is 0.614. The third-order valence-corrected chi connectivity index (χ3v) is 4.38. The van der Waals surface area contributed by atoms with Crippen LogP contribution in [0.5, 0.6) is 0 Å². The molecule has 1 saturated carbocycles. The zero-order chi connectivity index (χ0) is 9.54. The summed E-state index contributed by atoms with van der Waals surface area (Å²) in [6, 6.07) is 3.57. The fourth-order valence-corrected chi connectivity index (χ4v) is 3.57. The number of anilines is 1. The lowest BCUT2D eigenvalue weighted by molar-refractivity contribution is 0.194. The summed E-state index contributed by atoms with van der Waals surface area (Å²) in [7, 11) is 0. The van der Waals surface area contributed by atoms with Gasteiger partial charge >= 0.3 is 0 Å². The fraction of sp³-hybridized carbons (Fsp3) is 0.636. The van der Waals surface area contributed by atoms with Gasteiger partial charge in [-0.1, -0.05) is 0 Å². The molecular formula is C11H16N2S. The van der Waals surface area contributed by atoms with Crippen LogP contribution in [-0.2, 0) is 0 Å². The zero-order valence-electron chi connectivity index (χ0n) is 8.36. The average Bonchev–Trinajstić information content (AvgIpc) is 2.77. The summed E-state index contributed by atoms with van der Waals surface area (Å²) in [5.74, 6) is 1.79. The maximum absolute atomic E-state index is 3.60. The highest BCUT2D eigenvalue weighted by Crippen LogP contribution is 2.42. The van der Waals surface area contributed by atoms with Crippen molar-refractivity contribution in [2.45, 2.75) is 25.4 Å². The van der Waals surface area contributed by atoms with Crippen LogP contribution in [0, 0.1) is 11.8 Å². The van der Waals surface area contributed by atoms with Gasteiger partial charge in [0, 0.05) is 23.2 Å². The van der Waals surface area contributed by atoms with Crippen molar-refractivity contribution in [2.24, 2.45) is 11.8 Å². The smallest absolute Gasteiger partial charge is 0.0450 e. The van der Waals surface area contributed by atoms with Crippen LogP contribution >= 0.6 is 11.3 Å². The molecule has 2 saturated heterocycles. The van der Waals surface area contributed by atoms with E-state index in [0.717, 1.165) is 17.9 Å². The Hall–Kier alpha value is -0.540. The summed E-state index contributed by atoms with van der Waals surface area (Å²) in [6.07, 6.45) is 1.40. The molecule has 2 N–H and O–H groups in total. The van der Waals surface area contributed by atoms with Crippen LogP contribution in [0.1, 0.15) is 13.3 Å². The average molecular weight is 208 g/mol. The summed E-state index contributed by atoms with van der Waals surface area (Å²) >= 11 is 1.76. The van der Waals surface area contributed by atoms with Crippen molar-refractivity contribution >= 4 is 17.0 Å². The summed E-state index contributed by atoms with van der Waals surface area (Å²) in [6.45, 7) is 3.56. The van der Waals surface area contributed by atoms with Crippen molar-refractivity contribution in [3.8, 4) is 0 Å². The molecule has 1 aliphatic carbocycles. The molecule has 3 fully saturated rings. The number of thiophene rings is 1. The Morgan fingerprint density at radius 1 is 1.64 bits per heavy atom. The second kappa shape index (κ2) is 3.24. The SMILES string of the molecule is CC(Nc1ccsc1)C1C2CNC1C2.